The molecule has 5 aromatic rings. The number of aromatic hydroxyl groups is 1. The van der Waals surface area contributed by atoms with Crippen LogP contribution < -0.4 is 8.92 Å². The lowest BCUT2D eigenvalue weighted by Gasteiger charge is -2.19. The number of ether oxygens (including phenoxy) is 2. The quantitative estimate of drug-likeness (QED) is 0.0601. The molecular weight excluding hydrogens is 693 g/mol. The molecule has 0 bridgehead atoms. The number of para-hydroxylation sites is 1. The Labute approximate surface area is 312 Å². The van der Waals surface area contributed by atoms with Crippen LogP contribution in [-0.4, -0.2) is 31.8 Å². The maximum atomic E-state index is 13.9. The summed E-state index contributed by atoms with van der Waals surface area (Å²) in [6, 6.07) is 33.5. The van der Waals surface area contributed by atoms with Crippen molar-refractivity contribution in [1.82, 2.24) is 0 Å². The van der Waals surface area contributed by atoms with Crippen LogP contribution in [0.2, 0.25) is 0 Å². The van der Waals surface area contributed by atoms with E-state index in [-0.39, 0.29) is 16.4 Å². The molecule has 5 aromatic carbocycles. The summed E-state index contributed by atoms with van der Waals surface area (Å²) in [5, 5.41) is 22.3. The zero-order valence-electron chi connectivity index (χ0n) is 29.9. The molecule has 52 heavy (non-hydrogen) atoms. The Morgan fingerprint density at radius 3 is 2.21 bits per heavy atom. The van der Waals surface area contributed by atoms with E-state index in [1.807, 2.05) is 54.6 Å². The first-order chi connectivity index (χ1) is 25.3. The molecule has 0 saturated heterocycles. The van der Waals surface area contributed by atoms with Gasteiger partial charge in [0.25, 0.3) is 0 Å². The molecule has 0 aromatic heterocycles. The molecule has 1 atom stereocenters. The normalized spacial score (nSPS) is 12.1. The van der Waals surface area contributed by atoms with Gasteiger partial charge in [-0.25, -0.2) is 0 Å². The van der Waals surface area contributed by atoms with Gasteiger partial charge in [-0.05, 0) is 101 Å². The molecule has 9 heteroatoms. The number of phenols is 1. The smallest absolute Gasteiger partial charge is 0.340 e. The van der Waals surface area contributed by atoms with E-state index < -0.39 is 16.2 Å². The highest BCUT2D eigenvalue weighted by molar-refractivity contribution is 8.00. The van der Waals surface area contributed by atoms with Crippen LogP contribution in [0.5, 0.6) is 17.2 Å². The molecule has 2 N–H and O–H groups in total. The molecule has 274 valence electrons. The third kappa shape index (κ3) is 11.1. The van der Waals surface area contributed by atoms with Gasteiger partial charge in [-0.2, -0.15) is 8.42 Å². The van der Waals surface area contributed by atoms with Gasteiger partial charge in [-0.1, -0.05) is 112 Å². The molecule has 0 heterocycles. The molecule has 0 amide bonds. The molecule has 0 aliphatic carbocycles. The van der Waals surface area contributed by atoms with Gasteiger partial charge < -0.3 is 23.9 Å². The van der Waals surface area contributed by atoms with Crippen molar-refractivity contribution in [2.45, 2.75) is 86.2 Å². The van der Waals surface area contributed by atoms with E-state index in [0.29, 0.717) is 47.0 Å². The molecular formula is C43H48O7S2. The van der Waals surface area contributed by atoms with Crippen molar-refractivity contribution in [3.05, 3.63) is 132 Å². The predicted octanol–water partition coefficient (Wildman–Crippen LogP) is 10.7. The highest BCUT2D eigenvalue weighted by Gasteiger charge is 2.25. The lowest BCUT2D eigenvalue weighted by atomic mass is 9.92. The fourth-order valence-electron chi connectivity index (χ4n) is 5.78. The Bertz CT molecular complexity index is 1960. The van der Waals surface area contributed by atoms with Gasteiger partial charge in [0.2, 0.25) is 0 Å². The van der Waals surface area contributed by atoms with Crippen molar-refractivity contribution < 1.29 is 32.3 Å². The summed E-state index contributed by atoms with van der Waals surface area (Å²) in [6.45, 7) is 5.89. The molecule has 5 rings (SSSR count). The predicted molar refractivity (Wildman–Crippen MR) is 208 cm³/mol. The molecule has 0 radical (unpaired) electrons. The van der Waals surface area contributed by atoms with E-state index in [2.05, 4.69) is 13.8 Å². The SMILES string of the molecule is CCCCCCCOCc1cc(O)cc(C(O)c2ccccc2-c2ccc(Sc3ccc(OCCCC)cc3)c(S(=O)(=O)Oc3ccccc3)c2)c1. The number of benzene rings is 5. The monoisotopic (exact) mass is 740 g/mol. The topological polar surface area (TPSA) is 102 Å². The van der Waals surface area contributed by atoms with Crippen molar-refractivity contribution in [3.8, 4) is 28.4 Å². The average molecular weight is 741 g/mol. The summed E-state index contributed by atoms with van der Waals surface area (Å²) in [5.74, 6) is 0.991. The van der Waals surface area contributed by atoms with E-state index in [1.165, 1.54) is 31.0 Å². The van der Waals surface area contributed by atoms with Gasteiger partial charge in [-0.15, -0.1) is 0 Å². The standard InChI is InChI=1S/C43H48O7S2/c1-3-5-7-8-14-25-48-31-32-27-34(29-35(44)28-32)43(45)40-18-13-12-17-39(40)33-19-24-41(51-38-22-20-36(21-23-38)49-26-6-4-2)42(30-33)52(46,47)50-37-15-10-9-11-16-37/h9-13,15-24,27-30,43-45H,3-8,14,25-26,31H2,1-2H3. The summed E-state index contributed by atoms with van der Waals surface area (Å²) in [5.41, 5.74) is 3.05. The van der Waals surface area contributed by atoms with Crippen molar-refractivity contribution in [2.75, 3.05) is 13.2 Å². The third-order valence-corrected chi connectivity index (χ3v) is 11.0. The summed E-state index contributed by atoms with van der Waals surface area (Å²) in [4.78, 5) is 1.32. The fourth-order valence-corrected chi connectivity index (χ4v) is 8.08. The highest BCUT2D eigenvalue weighted by Crippen LogP contribution is 2.40. The van der Waals surface area contributed by atoms with E-state index in [1.54, 1.807) is 60.7 Å². The second-order valence-corrected chi connectivity index (χ2v) is 15.3. The fraction of sp³-hybridized carbons (Fsp3) is 0.302. The number of rotatable bonds is 20. The number of unbranched alkanes of at least 4 members (excludes halogenated alkanes) is 5. The summed E-state index contributed by atoms with van der Waals surface area (Å²) in [6.07, 6.45) is 6.61. The number of aliphatic hydroxyl groups is 1. The van der Waals surface area contributed by atoms with E-state index in [9.17, 15) is 18.6 Å². The van der Waals surface area contributed by atoms with Gasteiger partial charge in [0.1, 0.15) is 28.2 Å². The van der Waals surface area contributed by atoms with Gasteiger partial charge in [0.15, 0.2) is 0 Å². The number of hydrogen-bond acceptors (Lipinski definition) is 8. The van der Waals surface area contributed by atoms with Gasteiger partial charge in [0, 0.05) is 16.4 Å². The molecule has 0 fully saturated rings. The second-order valence-electron chi connectivity index (χ2n) is 12.7. The Balaban J connectivity index is 1.44. The molecule has 1 unspecified atom stereocenters. The Kier molecular flexibility index (Phi) is 14.6. The van der Waals surface area contributed by atoms with E-state index in [0.717, 1.165) is 41.9 Å². The second kappa shape index (κ2) is 19.5. The van der Waals surface area contributed by atoms with Crippen LogP contribution in [0.25, 0.3) is 11.1 Å². The summed E-state index contributed by atoms with van der Waals surface area (Å²) < 4.78 is 45.2. The van der Waals surface area contributed by atoms with Crippen molar-refractivity contribution >= 4 is 21.9 Å². The minimum absolute atomic E-state index is 0.00194. The van der Waals surface area contributed by atoms with Crippen molar-refractivity contribution in [3.63, 3.8) is 0 Å². The molecule has 0 aliphatic heterocycles. The van der Waals surface area contributed by atoms with E-state index >= 15 is 0 Å². The van der Waals surface area contributed by atoms with Crippen LogP contribution in [0, 0.1) is 0 Å². The van der Waals surface area contributed by atoms with Gasteiger partial charge >= 0.3 is 10.1 Å². The van der Waals surface area contributed by atoms with Crippen molar-refractivity contribution in [2.24, 2.45) is 0 Å². The maximum absolute atomic E-state index is 13.9. The van der Waals surface area contributed by atoms with Crippen LogP contribution in [0.3, 0.4) is 0 Å². The van der Waals surface area contributed by atoms with Crippen LogP contribution >= 0.6 is 11.8 Å². The summed E-state index contributed by atoms with van der Waals surface area (Å²) >= 11 is 1.31. The highest BCUT2D eigenvalue weighted by atomic mass is 32.2. The zero-order valence-corrected chi connectivity index (χ0v) is 31.5. The summed E-state index contributed by atoms with van der Waals surface area (Å²) in [7, 11) is -4.29. The van der Waals surface area contributed by atoms with Crippen LogP contribution in [0.1, 0.15) is 81.6 Å². The lowest BCUT2D eigenvalue weighted by molar-refractivity contribution is 0.116. The minimum atomic E-state index is -4.29. The number of aliphatic hydroxyl groups excluding tert-OH is 1. The number of phenolic OH excluding ortho intramolecular Hbond substituents is 1. The van der Waals surface area contributed by atoms with Gasteiger partial charge in [0.05, 0.1) is 13.2 Å². The Morgan fingerprint density at radius 1 is 0.712 bits per heavy atom. The molecule has 0 spiro atoms. The molecule has 7 nitrogen and oxygen atoms in total. The Morgan fingerprint density at radius 2 is 1.44 bits per heavy atom. The lowest BCUT2D eigenvalue weighted by Crippen LogP contribution is -2.11. The largest absolute Gasteiger partial charge is 0.508 e. The van der Waals surface area contributed by atoms with Crippen molar-refractivity contribution in [1.29, 1.82) is 0 Å². The third-order valence-electron chi connectivity index (χ3n) is 8.52. The van der Waals surface area contributed by atoms with Crippen LogP contribution in [0.15, 0.2) is 130 Å². The first-order valence-corrected chi connectivity index (χ1v) is 20.2. The van der Waals surface area contributed by atoms with Crippen LogP contribution in [0.4, 0.5) is 0 Å². The minimum Gasteiger partial charge on any atom is -0.508 e. The van der Waals surface area contributed by atoms with Gasteiger partial charge in [-0.3, -0.25) is 0 Å². The zero-order chi connectivity index (χ0) is 36.8. The first-order valence-electron chi connectivity index (χ1n) is 18.0. The maximum Gasteiger partial charge on any atom is 0.340 e. The van der Waals surface area contributed by atoms with E-state index in [4.69, 9.17) is 13.7 Å². The molecule has 0 aliphatic rings. The average Bonchev–Trinajstić information content (AvgIpc) is 3.15. The first kappa shape index (κ1) is 38.9. The molecule has 0 saturated carbocycles. The van der Waals surface area contributed by atoms with Crippen LogP contribution in [-0.2, 0) is 21.5 Å². The number of hydrogen-bond donors (Lipinski definition) is 2. The Hall–Kier alpha value is -4.28.